The highest BCUT2D eigenvalue weighted by Crippen LogP contribution is 2.13. The van der Waals surface area contributed by atoms with E-state index in [0.717, 1.165) is 5.69 Å². The summed E-state index contributed by atoms with van der Waals surface area (Å²) >= 11 is 0. The molecule has 5 heteroatoms. The van der Waals surface area contributed by atoms with Crippen LogP contribution in [-0.4, -0.2) is 33.1 Å². The molecule has 0 amide bonds. The van der Waals surface area contributed by atoms with Crippen molar-refractivity contribution in [3.8, 4) is 0 Å². The van der Waals surface area contributed by atoms with Crippen molar-refractivity contribution in [1.82, 2.24) is 9.78 Å². The van der Waals surface area contributed by atoms with Gasteiger partial charge in [0.05, 0.1) is 18.4 Å². The molecule has 0 aromatic carbocycles. The Morgan fingerprint density at radius 1 is 1.59 bits per heavy atom. The molecule has 96 valence electrons. The Kier molecular flexibility index (Phi) is 4.28. The highest BCUT2D eigenvalue weighted by molar-refractivity contribution is 5.90. The molecular formula is C12H20N2O3. The molecule has 0 radical (unpaired) electrons. The molecule has 0 bridgehead atoms. The molecule has 0 aliphatic heterocycles. The van der Waals surface area contributed by atoms with Crippen molar-refractivity contribution >= 4 is 5.97 Å². The van der Waals surface area contributed by atoms with Crippen LogP contribution in [0.2, 0.25) is 0 Å². The quantitative estimate of drug-likeness (QED) is 0.793. The van der Waals surface area contributed by atoms with Crippen molar-refractivity contribution in [2.75, 3.05) is 6.61 Å². The Bertz CT molecular complexity index is 391. The summed E-state index contributed by atoms with van der Waals surface area (Å²) in [6.45, 7) is 8.02. The molecule has 0 saturated heterocycles. The van der Waals surface area contributed by atoms with E-state index < -0.39 is 5.60 Å². The summed E-state index contributed by atoms with van der Waals surface area (Å²) in [6, 6.07) is 0. The van der Waals surface area contributed by atoms with Gasteiger partial charge in [-0.1, -0.05) is 0 Å². The van der Waals surface area contributed by atoms with E-state index in [1.807, 2.05) is 6.92 Å². The number of rotatable bonds is 5. The van der Waals surface area contributed by atoms with E-state index in [2.05, 4.69) is 5.10 Å². The lowest BCUT2D eigenvalue weighted by Gasteiger charge is -2.17. The first-order valence-electron chi connectivity index (χ1n) is 5.77. The van der Waals surface area contributed by atoms with Crippen LogP contribution in [0.1, 0.15) is 43.2 Å². The maximum Gasteiger partial charge on any atom is 0.341 e. The summed E-state index contributed by atoms with van der Waals surface area (Å²) in [5.41, 5.74) is 0.526. The molecule has 1 N–H and O–H groups in total. The second-order valence-corrected chi connectivity index (χ2v) is 4.65. The number of ether oxygens (including phenoxy) is 1. The van der Waals surface area contributed by atoms with E-state index in [1.54, 1.807) is 25.5 Å². The average molecular weight is 240 g/mol. The molecule has 0 spiro atoms. The first kappa shape index (κ1) is 13.7. The highest BCUT2D eigenvalue weighted by atomic mass is 16.5. The minimum absolute atomic E-state index is 0.348. The van der Waals surface area contributed by atoms with Crippen LogP contribution in [-0.2, 0) is 11.3 Å². The van der Waals surface area contributed by atoms with Gasteiger partial charge in [0.2, 0.25) is 0 Å². The van der Waals surface area contributed by atoms with Crippen LogP contribution in [0.3, 0.4) is 0 Å². The number of hydrogen-bond donors (Lipinski definition) is 1. The summed E-state index contributed by atoms with van der Waals surface area (Å²) in [4.78, 5) is 11.6. The first-order chi connectivity index (χ1) is 7.85. The molecule has 0 aliphatic rings. The van der Waals surface area contributed by atoms with Crippen LogP contribution in [0.4, 0.5) is 0 Å². The molecule has 1 heterocycles. The van der Waals surface area contributed by atoms with Gasteiger partial charge in [0.15, 0.2) is 0 Å². The number of aryl methyl sites for hydroxylation is 1. The maximum atomic E-state index is 11.6. The Labute approximate surface area is 101 Å². The SMILES string of the molecule is CCOC(=O)c1cnn(CCC(C)(C)O)c1C. The van der Waals surface area contributed by atoms with Crippen LogP contribution < -0.4 is 0 Å². The predicted molar refractivity (Wildman–Crippen MR) is 63.8 cm³/mol. The van der Waals surface area contributed by atoms with Gasteiger partial charge < -0.3 is 9.84 Å². The monoisotopic (exact) mass is 240 g/mol. The van der Waals surface area contributed by atoms with E-state index in [4.69, 9.17) is 4.74 Å². The Morgan fingerprint density at radius 3 is 2.76 bits per heavy atom. The van der Waals surface area contributed by atoms with Gasteiger partial charge in [-0.25, -0.2) is 4.79 Å². The zero-order valence-electron chi connectivity index (χ0n) is 10.9. The van der Waals surface area contributed by atoms with E-state index in [0.29, 0.717) is 25.1 Å². The van der Waals surface area contributed by atoms with Crippen molar-refractivity contribution in [3.63, 3.8) is 0 Å². The topological polar surface area (TPSA) is 64.3 Å². The van der Waals surface area contributed by atoms with Gasteiger partial charge in [0.25, 0.3) is 0 Å². The molecule has 5 nitrogen and oxygen atoms in total. The van der Waals surface area contributed by atoms with E-state index in [9.17, 15) is 9.90 Å². The molecule has 0 aliphatic carbocycles. The molecule has 17 heavy (non-hydrogen) atoms. The lowest BCUT2D eigenvalue weighted by atomic mass is 10.1. The second kappa shape index (κ2) is 5.31. The molecule has 0 unspecified atom stereocenters. The molecule has 1 aromatic rings. The first-order valence-corrected chi connectivity index (χ1v) is 5.77. The molecule has 0 atom stereocenters. The third kappa shape index (κ3) is 3.85. The standard InChI is InChI=1S/C12H20N2O3/c1-5-17-11(15)10-8-13-14(9(10)2)7-6-12(3,4)16/h8,16H,5-7H2,1-4H3. The second-order valence-electron chi connectivity index (χ2n) is 4.65. The Balaban J connectivity index is 2.74. The number of carbonyl (C=O) groups is 1. The third-order valence-electron chi connectivity index (χ3n) is 2.53. The smallest absolute Gasteiger partial charge is 0.341 e. The lowest BCUT2D eigenvalue weighted by molar-refractivity contribution is 0.0525. The average Bonchev–Trinajstić information content (AvgIpc) is 2.56. The fraction of sp³-hybridized carbons (Fsp3) is 0.667. The summed E-state index contributed by atoms with van der Waals surface area (Å²) in [5, 5.41) is 13.8. The molecular weight excluding hydrogens is 220 g/mol. The number of aliphatic hydroxyl groups is 1. The van der Waals surface area contributed by atoms with Gasteiger partial charge >= 0.3 is 5.97 Å². The molecule has 1 rings (SSSR count). The third-order valence-corrected chi connectivity index (χ3v) is 2.53. The van der Waals surface area contributed by atoms with Crippen LogP contribution in [0.15, 0.2) is 6.20 Å². The van der Waals surface area contributed by atoms with Crippen LogP contribution in [0, 0.1) is 6.92 Å². The van der Waals surface area contributed by atoms with Gasteiger partial charge in [0.1, 0.15) is 5.56 Å². The van der Waals surface area contributed by atoms with Crippen LogP contribution >= 0.6 is 0 Å². The summed E-state index contributed by atoms with van der Waals surface area (Å²) in [5.74, 6) is -0.348. The van der Waals surface area contributed by atoms with Crippen molar-refractivity contribution in [2.45, 2.75) is 46.3 Å². The highest BCUT2D eigenvalue weighted by Gasteiger charge is 2.17. The normalized spacial score (nSPS) is 11.6. The zero-order chi connectivity index (χ0) is 13.1. The molecule has 0 saturated carbocycles. The minimum Gasteiger partial charge on any atom is -0.462 e. The lowest BCUT2D eigenvalue weighted by Crippen LogP contribution is -2.22. The number of nitrogens with zero attached hydrogens (tertiary/aromatic N) is 2. The number of aromatic nitrogens is 2. The van der Waals surface area contributed by atoms with Crippen LogP contribution in [0.5, 0.6) is 0 Å². The van der Waals surface area contributed by atoms with Crippen LogP contribution in [0.25, 0.3) is 0 Å². The maximum absolute atomic E-state index is 11.6. The Hall–Kier alpha value is -1.36. The van der Waals surface area contributed by atoms with Crippen molar-refractivity contribution in [1.29, 1.82) is 0 Å². The van der Waals surface area contributed by atoms with Gasteiger partial charge in [-0.2, -0.15) is 5.10 Å². The zero-order valence-corrected chi connectivity index (χ0v) is 10.9. The van der Waals surface area contributed by atoms with Gasteiger partial charge in [-0.15, -0.1) is 0 Å². The fourth-order valence-electron chi connectivity index (χ4n) is 1.46. The van der Waals surface area contributed by atoms with Gasteiger partial charge in [-0.05, 0) is 34.1 Å². The summed E-state index contributed by atoms with van der Waals surface area (Å²) in [6.07, 6.45) is 2.09. The summed E-state index contributed by atoms with van der Waals surface area (Å²) in [7, 11) is 0. The Morgan fingerprint density at radius 2 is 2.24 bits per heavy atom. The van der Waals surface area contributed by atoms with E-state index in [-0.39, 0.29) is 5.97 Å². The van der Waals surface area contributed by atoms with Gasteiger partial charge in [-0.3, -0.25) is 4.68 Å². The van der Waals surface area contributed by atoms with Crippen molar-refractivity contribution in [3.05, 3.63) is 17.5 Å². The molecule has 0 fully saturated rings. The predicted octanol–water partition coefficient (Wildman–Crippen LogP) is 1.53. The van der Waals surface area contributed by atoms with E-state index >= 15 is 0 Å². The van der Waals surface area contributed by atoms with E-state index in [1.165, 1.54) is 6.20 Å². The number of hydrogen-bond acceptors (Lipinski definition) is 4. The molecule has 1 aromatic heterocycles. The van der Waals surface area contributed by atoms with Crippen molar-refractivity contribution < 1.29 is 14.6 Å². The van der Waals surface area contributed by atoms with Crippen molar-refractivity contribution in [2.24, 2.45) is 0 Å². The van der Waals surface area contributed by atoms with Gasteiger partial charge in [0, 0.05) is 12.2 Å². The summed E-state index contributed by atoms with van der Waals surface area (Å²) < 4.78 is 6.64. The minimum atomic E-state index is -0.734. The fourth-order valence-corrected chi connectivity index (χ4v) is 1.46. The number of carbonyl (C=O) groups excluding carboxylic acids is 1. The number of esters is 1. The largest absolute Gasteiger partial charge is 0.462 e.